The Morgan fingerprint density at radius 1 is 1.50 bits per heavy atom. The molecule has 100 valence electrons. The number of likely N-dealkylation sites (N-methyl/N-ethyl adjacent to an activating group) is 1. The minimum atomic E-state index is -0.0369. The van der Waals surface area contributed by atoms with Crippen LogP contribution in [0.2, 0.25) is 0 Å². The molecule has 2 rings (SSSR count). The van der Waals surface area contributed by atoms with Crippen LogP contribution in [0.1, 0.15) is 37.6 Å². The molecule has 0 amide bonds. The second-order valence-electron chi connectivity index (χ2n) is 5.86. The molecule has 0 unspecified atom stereocenters. The van der Waals surface area contributed by atoms with Crippen LogP contribution >= 0.6 is 0 Å². The first-order chi connectivity index (χ1) is 8.55. The van der Waals surface area contributed by atoms with Crippen molar-refractivity contribution in [3.8, 4) is 0 Å². The van der Waals surface area contributed by atoms with Crippen LogP contribution in [0.15, 0.2) is 18.2 Å². The van der Waals surface area contributed by atoms with Crippen molar-refractivity contribution in [3.63, 3.8) is 0 Å². The number of aromatic nitrogens is 1. The van der Waals surface area contributed by atoms with E-state index in [1.807, 2.05) is 19.1 Å². The topological polar surface area (TPSA) is 36.4 Å². The summed E-state index contributed by atoms with van der Waals surface area (Å²) in [4.78, 5) is 6.84. The van der Waals surface area contributed by atoms with Gasteiger partial charge in [0.15, 0.2) is 0 Å². The number of pyridine rings is 1. The van der Waals surface area contributed by atoms with Gasteiger partial charge in [-0.15, -0.1) is 0 Å². The fraction of sp³-hybridized carbons (Fsp3) is 0.667. The molecule has 1 fully saturated rings. The van der Waals surface area contributed by atoms with E-state index < -0.39 is 0 Å². The van der Waals surface area contributed by atoms with E-state index in [-0.39, 0.29) is 12.1 Å². The Morgan fingerprint density at radius 2 is 2.28 bits per heavy atom. The average Bonchev–Trinajstić information content (AvgIpc) is 2.72. The van der Waals surface area contributed by atoms with Crippen LogP contribution in [0.25, 0.3) is 0 Å². The summed E-state index contributed by atoms with van der Waals surface area (Å²) in [6, 6.07) is 6.13. The number of nitrogens with zero attached hydrogens (tertiary/aromatic N) is 2. The molecule has 1 aliphatic rings. The van der Waals surface area contributed by atoms with Crippen molar-refractivity contribution < 1.29 is 5.11 Å². The highest BCUT2D eigenvalue weighted by molar-refractivity contribution is 5.10. The number of aliphatic hydroxyl groups is 1. The molecule has 18 heavy (non-hydrogen) atoms. The lowest BCUT2D eigenvalue weighted by Crippen LogP contribution is -2.47. The van der Waals surface area contributed by atoms with Gasteiger partial charge in [0.1, 0.15) is 0 Å². The number of hydrogen-bond acceptors (Lipinski definition) is 3. The number of aliphatic hydroxyl groups excluding tert-OH is 1. The fourth-order valence-corrected chi connectivity index (χ4v) is 3.08. The summed E-state index contributed by atoms with van der Waals surface area (Å²) >= 11 is 0. The molecule has 0 aliphatic heterocycles. The van der Waals surface area contributed by atoms with Gasteiger partial charge in [-0.1, -0.05) is 13.0 Å². The van der Waals surface area contributed by atoms with Crippen LogP contribution in [0, 0.1) is 12.8 Å². The van der Waals surface area contributed by atoms with Crippen LogP contribution in [0.3, 0.4) is 0 Å². The molecule has 2 atom stereocenters. The summed E-state index contributed by atoms with van der Waals surface area (Å²) in [6.07, 6.45) is 3.39. The summed E-state index contributed by atoms with van der Waals surface area (Å²) in [5, 5.41) is 9.78. The predicted molar refractivity (Wildman–Crippen MR) is 73.3 cm³/mol. The second kappa shape index (κ2) is 5.37. The number of hydrogen-bond donors (Lipinski definition) is 1. The smallest absolute Gasteiger partial charge is 0.0615 e. The van der Waals surface area contributed by atoms with Gasteiger partial charge >= 0.3 is 0 Å². The Morgan fingerprint density at radius 3 is 2.83 bits per heavy atom. The van der Waals surface area contributed by atoms with Gasteiger partial charge in [0.2, 0.25) is 0 Å². The van der Waals surface area contributed by atoms with E-state index in [2.05, 4.69) is 29.9 Å². The maximum atomic E-state index is 9.78. The lowest BCUT2D eigenvalue weighted by Gasteiger charge is -2.37. The highest BCUT2D eigenvalue weighted by Crippen LogP contribution is 2.38. The van der Waals surface area contributed by atoms with Gasteiger partial charge in [-0.3, -0.25) is 9.88 Å². The third-order valence-corrected chi connectivity index (χ3v) is 4.28. The van der Waals surface area contributed by atoms with Gasteiger partial charge in [0, 0.05) is 17.8 Å². The van der Waals surface area contributed by atoms with Crippen LogP contribution < -0.4 is 0 Å². The fourth-order valence-electron chi connectivity index (χ4n) is 3.08. The number of rotatable bonds is 4. The minimum Gasteiger partial charge on any atom is -0.394 e. The molecule has 1 aliphatic carbocycles. The zero-order valence-electron chi connectivity index (χ0n) is 11.7. The summed E-state index contributed by atoms with van der Waals surface area (Å²) in [7, 11) is 2.11. The summed E-state index contributed by atoms with van der Waals surface area (Å²) in [5.41, 5.74) is 2.11. The Bertz CT molecular complexity index is 407. The average molecular weight is 248 g/mol. The van der Waals surface area contributed by atoms with Crippen molar-refractivity contribution in [3.05, 3.63) is 29.6 Å². The molecule has 0 spiro atoms. The van der Waals surface area contributed by atoms with Gasteiger partial charge in [0.25, 0.3) is 0 Å². The number of aryl methyl sites for hydroxylation is 1. The molecule has 0 aromatic carbocycles. The molecule has 1 heterocycles. The molecule has 3 nitrogen and oxygen atoms in total. The second-order valence-corrected chi connectivity index (χ2v) is 5.86. The molecule has 0 saturated heterocycles. The molecule has 1 N–H and O–H groups in total. The third-order valence-electron chi connectivity index (χ3n) is 4.28. The van der Waals surface area contributed by atoms with Crippen molar-refractivity contribution in [1.29, 1.82) is 0 Å². The summed E-state index contributed by atoms with van der Waals surface area (Å²) in [5.74, 6) is 0.713. The third kappa shape index (κ3) is 2.73. The van der Waals surface area contributed by atoms with Crippen LogP contribution in [-0.2, 0) is 6.54 Å². The standard InChI is InChI=1S/C15H24N2O/c1-12-7-8-15(9-12,11-18)17(3)10-14-6-4-5-13(2)16-14/h4-6,12,18H,7-11H2,1-3H3/t12-,15-/m0/s1. The van der Waals surface area contributed by atoms with Crippen molar-refractivity contribution in [2.24, 2.45) is 5.92 Å². The van der Waals surface area contributed by atoms with Crippen molar-refractivity contribution in [2.45, 2.75) is 45.2 Å². The quantitative estimate of drug-likeness (QED) is 0.888. The molecule has 1 aromatic rings. The van der Waals surface area contributed by atoms with Crippen molar-refractivity contribution in [2.75, 3.05) is 13.7 Å². The van der Waals surface area contributed by atoms with Gasteiger partial charge in [-0.25, -0.2) is 0 Å². The zero-order chi connectivity index (χ0) is 13.2. The summed E-state index contributed by atoms with van der Waals surface area (Å²) in [6.45, 7) is 5.35. The molecule has 1 saturated carbocycles. The first-order valence-corrected chi connectivity index (χ1v) is 6.80. The predicted octanol–water partition coefficient (Wildman–Crippen LogP) is 2.37. The van der Waals surface area contributed by atoms with Crippen LogP contribution in [-0.4, -0.2) is 34.2 Å². The Balaban J connectivity index is 2.09. The first kappa shape index (κ1) is 13.5. The van der Waals surface area contributed by atoms with E-state index in [0.29, 0.717) is 5.92 Å². The molecule has 1 aromatic heterocycles. The minimum absolute atomic E-state index is 0.0369. The van der Waals surface area contributed by atoms with E-state index in [9.17, 15) is 5.11 Å². The SMILES string of the molecule is Cc1cccc(CN(C)[C@@]2(CO)CC[C@H](C)C2)n1. The van der Waals surface area contributed by atoms with Crippen LogP contribution in [0.4, 0.5) is 0 Å². The lowest BCUT2D eigenvalue weighted by atomic mass is 9.95. The Labute approximate surface area is 110 Å². The van der Waals surface area contributed by atoms with Crippen LogP contribution in [0.5, 0.6) is 0 Å². The van der Waals surface area contributed by atoms with E-state index in [1.165, 1.54) is 6.42 Å². The van der Waals surface area contributed by atoms with Gasteiger partial charge in [0.05, 0.1) is 12.3 Å². The normalized spacial score (nSPS) is 27.9. The summed E-state index contributed by atoms with van der Waals surface area (Å²) < 4.78 is 0. The van der Waals surface area contributed by atoms with E-state index in [4.69, 9.17) is 0 Å². The molecule has 0 bridgehead atoms. The monoisotopic (exact) mass is 248 g/mol. The highest BCUT2D eigenvalue weighted by atomic mass is 16.3. The lowest BCUT2D eigenvalue weighted by molar-refractivity contribution is 0.0448. The zero-order valence-corrected chi connectivity index (χ0v) is 11.7. The Hall–Kier alpha value is -0.930. The van der Waals surface area contributed by atoms with E-state index >= 15 is 0 Å². The molecular weight excluding hydrogens is 224 g/mol. The van der Waals surface area contributed by atoms with Gasteiger partial charge < -0.3 is 5.11 Å². The van der Waals surface area contributed by atoms with Gasteiger partial charge in [-0.05, 0) is 51.3 Å². The Kier molecular flexibility index (Phi) is 4.03. The first-order valence-electron chi connectivity index (χ1n) is 6.80. The van der Waals surface area contributed by atoms with Crippen molar-refractivity contribution >= 4 is 0 Å². The van der Waals surface area contributed by atoms with Crippen molar-refractivity contribution in [1.82, 2.24) is 9.88 Å². The molecule has 3 heteroatoms. The molecular formula is C15H24N2O. The maximum Gasteiger partial charge on any atom is 0.0615 e. The maximum absolute atomic E-state index is 9.78. The highest BCUT2D eigenvalue weighted by Gasteiger charge is 2.40. The van der Waals surface area contributed by atoms with E-state index in [0.717, 1.165) is 30.8 Å². The molecule has 0 radical (unpaired) electrons. The largest absolute Gasteiger partial charge is 0.394 e. The van der Waals surface area contributed by atoms with Gasteiger partial charge in [-0.2, -0.15) is 0 Å². The van der Waals surface area contributed by atoms with E-state index in [1.54, 1.807) is 0 Å².